The summed E-state index contributed by atoms with van der Waals surface area (Å²) in [4.78, 5) is 35.6. The predicted molar refractivity (Wildman–Crippen MR) is 131 cm³/mol. The van der Waals surface area contributed by atoms with Gasteiger partial charge in [0.25, 0.3) is 0 Å². The highest BCUT2D eigenvalue weighted by molar-refractivity contribution is 5.97. The van der Waals surface area contributed by atoms with Crippen LogP contribution in [0.25, 0.3) is 33.5 Å². The fourth-order valence-electron chi connectivity index (χ4n) is 5.23. The van der Waals surface area contributed by atoms with Gasteiger partial charge in [0.1, 0.15) is 5.69 Å². The minimum Gasteiger partial charge on any atom is -0.505 e. The number of aromatic hydroxyl groups is 1. The highest BCUT2D eigenvalue weighted by Crippen LogP contribution is 2.36. The summed E-state index contributed by atoms with van der Waals surface area (Å²) in [6.45, 7) is 5.38. The van der Waals surface area contributed by atoms with Gasteiger partial charge in [0.2, 0.25) is 0 Å². The number of urea groups is 1. The number of aromatic nitrogens is 4. The van der Waals surface area contributed by atoms with Crippen LogP contribution in [0.3, 0.4) is 0 Å². The Morgan fingerprint density at radius 1 is 1.17 bits per heavy atom. The number of Topliss-reactive ketones (excluding diaryl/α,β-unsaturated/α-hetero) is 1. The number of benzene rings is 2. The number of aryl methyl sites for hydroxylation is 2. The zero-order chi connectivity index (χ0) is 25.1. The quantitative estimate of drug-likeness (QED) is 0.402. The Labute approximate surface area is 205 Å². The monoisotopic (exact) mass is 488 g/mol. The molecule has 0 radical (unpaired) electrons. The molecule has 2 aliphatic heterocycles. The van der Waals surface area contributed by atoms with Crippen LogP contribution in [-0.4, -0.2) is 60.0 Å². The molecule has 36 heavy (non-hydrogen) atoms. The number of phenols is 1. The lowest BCUT2D eigenvalue weighted by Crippen LogP contribution is -2.39. The summed E-state index contributed by atoms with van der Waals surface area (Å²) >= 11 is 0. The van der Waals surface area contributed by atoms with Gasteiger partial charge >= 0.3 is 6.03 Å². The van der Waals surface area contributed by atoms with Crippen LogP contribution in [0.5, 0.6) is 5.75 Å². The lowest BCUT2D eigenvalue weighted by atomic mass is 9.94. The number of carbonyl (C=O) groups is 2. The number of carbonyl (C=O) groups excluding carboxylic acids is 2. The van der Waals surface area contributed by atoms with Crippen molar-refractivity contribution in [2.45, 2.75) is 39.8 Å². The van der Waals surface area contributed by atoms with Crippen LogP contribution < -0.4 is 0 Å². The lowest BCUT2D eigenvalue weighted by molar-refractivity contribution is -0.116. The van der Waals surface area contributed by atoms with Crippen molar-refractivity contribution < 1.29 is 19.1 Å². The van der Waals surface area contributed by atoms with Gasteiger partial charge in [0.05, 0.1) is 36.5 Å². The Balaban J connectivity index is 1.30. The van der Waals surface area contributed by atoms with E-state index in [4.69, 9.17) is 4.98 Å². The number of rotatable bonds is 3. The summed E-state index contributed by atoms with van der Waals surface area (Å²) in [5.41, 5.74) is 6.50. The SMILES string of the molecule is CCc1cc(O)c(F)cc1-c1cc(C)c2c(-c3nc4c([nH]3)CN(C(=O)N3CCC(=O)C3)C4)n[nH]c2c1. The highest BCUT2D eigenvalue weighted by Gasteiger charge is 2.33. The maximum absolute atomic E-state index is 14.2. The topological polar surface area (TPSA) is 118 Å². The standard InChI is InChI=1S/C26H25FN6O3/c1-3-14-8-22(35)18(27)9-17(14)15-6-13(2)23-19(7-15)30-31-24(23)25-28-20-11-33(12-21(20)29-25)26(36)32-5-4-16(34)10-32/h6-9,35H,3-5,10-12H2,1-2H3,(H,28,29)(H,30,31). The summed E-state index contributed by atoms with van der Waals surface area (Å²) in [7, 11) is 0. The number of amides is 2. The number of H-pyrrole nitrogens is 2. The minimum absolute atomic E-state index is 0.0897. The molecule has 1 fully saturated rings. The van der Waals surface area contributed by atoms with E-state index < -0.39 is 5.82 Å². The second-order valence-electron chi connectivity index (χ2n) is 9.46. The normalized spacial score (nSPS) is 15.4. The largest absolute Gasteiger partial charge is 0.505 e. The maximum atomic E-state index is 14.2. The summed E-state index contributed by atoms with van der Waals surface area (Å²) in [6, 6.07) is 6.62. The van der Waals surface area contributed by atoms with Crippen LogP contribution in [0.15, 0.2) is 24.3 Å². The Hall–Kier alpha value is -4.21. The molecule has 9 nitrogen and oxygen atoms in total. The van der Waals surface area contributed by atoms with E-state index in [2.05, 4.69) is 15.2 Å². The smallest absolute Gasteiger partial charge is 0.321 e. The molecule has 10 heteroatoms. The van der Waals surface area contributed by atoms with Gasteiger partial charge in [-0.25, -0.2) is 14.2 Å². The Bertz CT molecular complexity index is 1530. The van der Waals surface area contributed by atoms with Gasteiger partial charge < -0.3 is 19.9 Å². The number of phenolic OH excluding ortho intramolecular Hbond substituents is 1. The average molecular weight is 489 g/mol. The highest BCUT2D eigenvalue weighted by atomic mass is 19.1. The lowest BCUT2D eigenvalue weighted by Gasteiger charge is -2.22. The van der Waals surface area contributed by atoms with Crippen LogP contribution in [0.2, 0.25) is 0 Å². The molecule has 0 saturated carbocycles. The molecule has 1 saturated heterocycles. The zero-order valence-corrected chi connectivity index (χ0v) is 20.0. The van der Waals surface area contributed by atoms with E-state index in [1.807, 2.05) is 26.0 Å². The number of fused-ring (bicyclic) bond motifs is 2. The van der Waals surface area contributed by atoms with Crippen molar-refractivity contribution in [2.75, 3.05) is 13.1 Å². The van der Waals surface area contributed by atoms with Gasteiger partial charge in [-0.1, -0.05) is 13.0 Å². The van der Waals surface area contributed by atoms with Crippen molar-refractivity contribution in [2.24, 2.45) is 0 Å². The van der Waals surface area contributed by atoms with E-state index in [1.54, 1.807) is 9.80 Å². The molecule has 0 aliphatic carbocycles. The number of aromatic amines is 2. The minimum atomic E-state index is -0.654. The number of nitrogens with zero attached hydrogens (tertiary/aromatic N) is 4. The molecule has 0 atom stereocenters. The molecule has 2 aliphatic rings. The number of imidazole rings is 1. The fourth-order valence-corrected chi connectivity index (χ4v) is 5.23. The van der Waals surface area contributed by atoms with E-state index >= 15 is 0 Å². The van der Waals surface area contributed by atoms with Crippen molar-refractivity contribution in [3.63, 3.8) is 0 Å². The summed E-state index contributed by atoms with van der Waals surface area (Å²) in [5.74, 6) is -0.293. The molecule has 0 bridgehead atoms. The van der Waals surface area contributed by atoms with Crippen LogP contribution in [0, 0.1) is 12.7 Å². The average Bonchev–Trinajstić information content (AvgIpc) is 3.62. The molecule has 3 N–H and O–H groups in total. The number of nitrogens with one attached hydrogen (secondary N) is 2. The molecule has 6 rings (SSSR count). The molecule has 2 aromatic heterocycles. The van der Waals surface area contributed by atoms with Crippen molar-refractivity contribution in [3.05, 3.63) is 52.6 Å². The first-order chi connectivity index (χ1) is 17.3. The first-order valence-electron chi connectivity index (χ1n) is 12.0. The van der Waals surface area contributed by atoms with E-state index in [0.29, 0.717) is 44.0 Å². The third-order valence-corrected chi connectivity index (χ3v) is 7.07. The molecular formula is C26H25FN6O3. The van der Waals surface area contributed by atoms with Crippen molar-refractivity contribution in [1.82, 2.24) is 30.0 Å². The van der Waals surface area contributed by atoms with Gasteiger partial charge in [0.15, 0.2) is 23.2 Å². The number of likely N-dealkylation sites (tertiary alicyclic amines) is 1. The number of ketones is 1. The van der Waals surface area contributed by atoms with Crippen molar-refractivity contribution in [3.8, 4) is 28.4 Å². The molecular weight excluding hydrogens is 463 g/mol. The first-order valence-corrected chi connectivity index (χ1v) is 12.0. The summed E-state index contributed by atoms with van der Waals surface area (Å²) in [5, 5.41) is 18.3. The van der Waals surface area contributed by atoms with Gasteiger partial charge in [0, 0.05) is 18.4 Å². The van der Waals surface area contributed by atoms with Gasteiger partial charge in [-0.2, -0.15) is 5.10 Å². The van der Waals surface area contributed by atoms with Crippen LogP contribution in [0.4, 0.5) is 9.18 Å². The second-order valence-corrected chi connectivity index (χ2v) is 9.46. The van der Waals surface area contributed by atoms with Gasteiger partial charge in [-0.15, -0.1) is 0 Å². The predicted octanol–water partition coefficient (Wildman–Crippen LogP) is 4.05. The molecule has 2 amide bonds. The van der Waals surface area contributed by atoms with Gasteiger partial charge in [-0.05, 0) is 53.8 Å². The molecule has 4 aromatic rings. The van der Waals surface area contributed by atoms with Crippen LogP contribution in [-0.2, 0) is 24.3 Å². The zero-order valence-electron chi connectivity index (χ0n) is 20.0. The third-order valence-electron chi connectivity index (χ3n) is 7.07. The van der Waals surface area contributed by atoms with Crippen LogP contribution >= 0.6 is 0 Å². The third kappa shape index (κ3) is 3.52. The Morgan fingerprint density at radius 3 is 2.72 bits per heavy atom. The van der Waals surface area contributed by atoms with Crippen molar-refractivity contribution in [1.29, 1.82) is 0 Å². The number of hydrogen-bond acceptors (Lipinski definition) is 5. The molecule has 184 valence electrons. The maximum Gasteiger partial charge on any atom is 0.321 e. The molecule has 2 aromatic carbocycles. The van der Waals surface area contributed by atoms with Crippen LogP contribution in [0.1, 0.15) is 35.9 Å². The Kier molecular flexibility index (Phi) is 5.06. The van der Waals surface area contributed by atoms with E-state index in [9.17, 15) is 19.1 Å². The molecule has 4 heterocycles. The van der Waals surface area contributed by atoms with Gasteiger partial charge in [-0.3, -0.25) is 9.89 Å². The summed E-state index contributed by atoms with van der Waals surface area (Å²) < 4.78 is 14.2. The number of halogens is 1. The molecule has 0 spiro atoms. The first kappa shape index (κ1) is 22.3. The Morgan fingerprint density at radius 2 is 2.00 bits per heavy atom. The van der Waals surface area contributed by atoms with Crippen molar-refractivity contribution >= 4 is 22.7 Å². The van der Waals surface area contributed by atoms with E-state index in [-0.39, 0.29) is 24.1 Å². The van der Waals surface area contributed by atoms with E-state index in [0.717, 1.165) is 44.5 Å². The second kappa shape index (κ2) is 8.18. The molecule has 0 unspecified atom stereocenters. The number of hydrogen-bond donors (Lipinski definition) is 3. The summed E-state index contributed by atoms with van der Waals surface area (Å²) in [6.07, 6.45) is 1.07. The van der Waals surface area contributed by atoms with E-state index in [1.165, 1.54) is 12.1 Å². The fraction of sp³-hybridized carbons (Fsp3) is 0.308.